The minimum Gasteiger partial charge on any atom is -0.497 e. The SMILES string of the molecule is COc1cccc(CSc2nc(C)cc(Oc3ccc(C(C)C)cc3)n2)c1. The molecular weight excluding hydrogens is 356 g/mol. The van der Waals surface area contributed by atoms with E-state index in [1.165, 1.54) is 5.56 Å². The fraction of sp³-hybridized carbons (Fsp3) is 0.273. The molecule has 5 heteroatoms. The van der Waals surface area contributed by atoms with Gasteiger partial charge in [0.15, 0.2) is 5.16 Å². The fourth-order valence-corrected chi connectivity index (χ4v) is 3.42. The van der Waals surface area contributed by atoms with E-state index in [4.69, 9.17) is 9.47 Å². The Balaban J connectivity index is 1.70. The van der Waals surface area contributed by atoms with Gasteiger partial charge >= 0.3 is 0 Å². The lowest BCUT2D eigenvalue weighted by Crippen LogP contribution is -1.96. The Labute approximate surface area is 165 Å². The van der Waals surface area contributed by atoms with Crippen LogP contribution in [0.15, 0.2) is 59.8 Å². The van der Waals surface area contributed by atoms with Crippen molar-refractivity contribution in [2.75, 3.05) is 7.11 Å². The molecule has 0 atom stereocenters. The summed E-state index contributed by atoms with van der Waals surface area (Å²) in [4.78, 5) is 9.05. The summed E-state index contributed by atoms with van der Waals surface area (Å²) in [7, 11) is 1.67. The number of ether oxygens (including phenoxy) is 2. The molecule has 4 nitrogen and oxygen atoms in total. The van der Waals surface area contributed by atoms with Gasteiger partial charge in [-0.15, -0.1) is 0 Å². The first-order valence-electron chi connectivity index (χ1n) is 8.92. The molecule has 0 aliphatic heterocycles. The number of hydrogen-bond donors (Lipinski definition) is 0. The molecule has 0 fully saturated rings. The van der Waals surface area contributed by atoms with E-state index in [0.29, 0.717) is 17.0 Å². The molecule has 0 radical (unpaired) electrons. The standard InChI is InChI=1S/C22H24N2O2S/c1-15(2)18-8-10-19(11-9-18)26-21-12-16(3)23-22(24-21)27-14-17-6-5-7-20(13-17)25-4/h5-13,15H,14H2,1-4H3. The van der Waals surface area contributed by atoms with E-state index < -0.39 is 0 Å². The first kappa shape index (κ1) is 19.2. The van der Waals surface area contributed by atoms with E-state index in [0.717, 1.165) is 28.5 Å². The summed E-state index contributed by atoms with van der Waals surface area (Å²) in [5, 5.41) is 0.701. The molecule has 0 spiro atoms. The number of aryl methyl sites for hydroxylation is 1. The number of methoxy groups -OCH3 is 1. The Morgan fingerprint density at radius 1 is 0.963 bits per heavy atom. The Morgan fingerprint density at radius 2 is 1.74 bits per heavy atom. The van der Waals surface area contributed by atoms with Gasteiger partial charge in [-0.05, 0) is 48.2 Å². The molecule has 0 amide bonds. The second kappa shape index (κ2) is 8.91. The van der Waals surface area contributed by atoms with Crippen LogP contribution >= 0.6 is 11.8 Å². The van der Waals surface area contributed by atoms with E-state index in [9.17, 15) is 0 Å². The second-order valence-corrected chi connectivity index (χ2v) is 7.54. The van der Waals surface area contributed by atoms with E-state index in [1.54, 1.807) is 18.9 Å². The van der Waals surface area contributed by atoms with Gasteiger partial charge in [0.25, 0.3) is 0 Å². The van der Waals surface area contributed by atoms with Gasteiger partial charge < -0.3 is 9.47 Å². The van der Waals surface area contributed by atoms with Crippen LogP contribution in [-0.2, 0) is 5.75 Å². The maximum absolute atomic E-state index is 5.94. The zero-order chi connectivity index (χ0) is 19.2. The third-order valence-corrected chi connectivity index (χ3v) is 5.00. The Hall–Kier alpha value is -2.53. The summed E-state index contributed by atoms with van der Waals surface area (Å²) < 4.78 is 11.2. The normalized spacial score (nSPS) is 10.9. The monoisotopic (exact) mass is 380 g/mol. The van der Waals surface area contributed by atoms with Crippen LogP contribution < -0.4 is 9.47 Å². The molecule has 0 unspecified atom stereocenters. The topological polar surface area (TPSA) is 44.2 Å². The molecule has 27 heavy (non-hydrogen) atoms. The number of rotatable bonds is 7. The lowest BCUT2D eigenvalue weighted by Gasteiger charge is -2.10. The first-order chi connectivity index (χ1) is 13.0. The maximum atomic E-state index is 5.94. The maximum Gasteiger partial charge on any atom is 0.223 e. The van der Waals surface area contributed by atoms with Crippen LogP contribution in [0.5, 0.6) is 17.4 Å². The minimum absolute atomic E-state index is 0.500. The number of thioether (sulfide) groups is 1. The van der Waals surface area contributed by atoms with Crippen LogP contribution in [0.3, 0.4) is 0 Å². The Bertz CT molecular complexity index is 895. The Morgan fingerprint density at radius 3 is 2.44 bits per heavy atom. The molecule has 0 bridgehead atoms. The van der Waals surface area contributed by atoms with E-state index in [1.807, 2.05) is 43.3 Å². The van der Waals surface area contributed by atoms with Crippen molar-refractivity contribution in [3.05, 3.63) is 71.4 Å². The molecule has 0 N–H and O–H groups in total. The largest absolute Gasteiger partial charge is 0.497 e. The highest BCUT2D eigenvalue weighted by atomic mass is 32.2. The zero-order valence-electron chi connectivity index (χ0n) is 16.1. The molecule has 0 aliphatic carbocycles. The molecule has 2 aromatic carbocycles. The van der Waals surface area contributed by atoms with Crippen molar-refractivity contribution in [2.45, 2.75) is 37.6 Å². The molecule has 0 saturated carbocycles. The van der Waals surface area contributed by atoms with Crippen molar-refractivity contribution < 1.29 is 9.47 Å². The van der Waals surface area contributed by atoms with Crippen LogP contribution in [0.25, 0.3) is 0 Å². The van der Waals surface area contributed by atoms with Crippen molar-refractivity contribution in [2.24, 2.45) is 0 Å². The van der Waals surface area contributed by atoms with Gasteiger partial charge in [-0.25, -0.2) is 4.98 Å². The molecule has 1 heterocycles. The van der Waals surface area contributed by atoms with Crippen LogP contribution in [0.4, 0.5) is 0 Å². The minimum atomic E-state index is 0.500. The third-order valence-electron chi connectivity index (χ3n) is 4.08. The van der Waals surface area contributed by atoms with Crippen molar-refractivity contribution in [1.29, 1.82) is 0 Å². The lowest BCUT2D eigenvalue weighted by molar-refractivity contribution is 0.414. The van der Waals surface area contributed by atoms with Gasteiger partial charge in [-0.1, -0.05) is 49.9 Å². The van der Waals surface area contributed by atoms with E-state index >= 15 is 0 Å². The summed E-state index contributed by atoms with van der Waals surface area (Å²) in [6.45, 7) is 6.30. The number of benzene rings is 2. The average molecular weight is 381 g/mol. The van der Waals surface area contributed by atoms with Crippen molar-refractivity contribution in [3.8, 4) is 17.4 Å². The molecule has 0 saturated heterocycles. The highest BCUT2D eigenvalue weighted by Crippen LogP contribution is 2.27. The van der Waals surface area contributed by atoms with Crippen LogP contribution in [-0.4, -0.2) is 17.1 Å². The predicted octanol–water partition coefficient (Wildman–Crippen LogP) is 6.00. The third kappa shape index (κ3) is 5.47. The fourth-order valence-electron chi connectivity index (χ4n) is 2.58. The number of aromatic nitrogens is 2. The highest BCUT2D eigenvalue weighted by molar-refractivity contribution is 7.98. The quantitative estimate of drug-likeness (QED) is 0.371. The van der Waals surface area contributed by atoms with Gasteiger partial charge in [-0.2, -0.15) is 4.98 Å². The molecule has 1 aromatic heterocycles. The summed E-state index contributed by atoms with van der Waals surface area (Å²) in [5.41, 5.74) is 3.33. The number of nitrogens with zero attached hydrogens (tertiary/aromatic N) is 2. The van der Waals surface area contributed by atoms with Crippen LogP contribution in [0.1, 0.15) is 36.6 Å². The molecule has 0 aliphatic rings. The molecular formula is C22H24N2O2S. The van der Waals surface area contributed by atoms with Gasteiger partial charge in [0.1, 0.15) is 11.5 Å². The van der Waals surface area contributed by atoms with Crippen molar-refractivity contribution >= 4 is 11.8 Å². The van der Waals surface area contributed by atoms with Crippen LogP contribution in [0.2, 0.25) is 0 Å². The first-order valence-corrected chi connectivity index (χ1v) is 9.91. The summed E-state index contributed by atoms with van der Waals surface area (Å²) >= 11 is 1.58. The summed E-state index contributed by atoms with van der Waals surface area (Å²) in [6, 6.07) is 18.0. The highest BCUT2D eigenvalue weighted by Gasteiger charge is 2.07. The zero-order valence-corrected chi connectivity index (χ0v) is 16.9. The van der Waals surface area contributed by atoms with Crippen molar-refractivity contribution in [3.63, 3.8) is 0 Å². The van der Waals surface area contributed by atoms with Gasteiger partial charge in [0, 0.05) is 17.5 Å². The summed E-state index contributed by atoms with van der Waals surface area (Å²) in [5.74, 6) is 3.46. The Kier molecular flexibility index (Phi) is 6.35. The molecule has 140 valence electrons. The predicted molar refractivity (Wildman–Crippen MR) is 110 cm³/mol. The van der Waals surface area contributed by atoms with E-state index in [-0.39, 0.29) is 0 Å². The average Bonchev–Trinajstić information content (AvgIpc) is 2.66. The lowest BCUT2D eigenvalue weighted by atomic mass is 10.0. The number of hydrogen-bond acceptors (Lipinski definition) is 5. The smallest absolute Gasteiger partial charge is 0.223 e. The van der Waals surface area contributed by atoms with Gasteiger partial charge in [0.05, 0.1) is 7.11 Å². The van der Waals surface area contributed by atoms with Gasteiger partial charge in [0.2, 0.25) is 5.88 Å². The molecule has 3 aromatic rings. The molecule has 3 rings (SSSR count). The second-order valence-electron chi connectivity index (χ2n) is 6.60. The van der Waals surface area contributed by atoms with E-state index in [2.05, 4.69) is 42.0 Å². The summed E-state index contributed by atoms with van der Waals surface area (Å²) in [6.07, 6.45) is 0. The van der Waals surface area contributed by atoms with Crippen molar-refractivity contribution in [1.82, 2.24) is 9.97 Å². The van der Waals surface area contributed by atoms with Crippen LogP contribution in [0, 0.1) is 6.92 Å². The van der Waals surface area contributed by atoms with Gasteiger partial charge in [-0.3, -0.25) is 0 Å².